The van der Waals surface area contributed by atoms with E-state index in [-0.39, 0.29) is 29.1 Å². The molecular formula is C20H34O4Si. The maximum atomic E-state index is 11.9. The second kappa shape index (κ2) is 7.26. The molecule has 2 fully saturated rings. The third-order valence-corrected chi connectivity index (χ3v) is 11.1. The van der Waals surface area contributed by atoms with Gasteiger partial charge in [-0.25, -0.2) is 0 Å². The highest BCUT2D eigenvalue weighted by molar-refractivity contribution is 6.74. The first-order valence-electron chi connectivity index (χ1n) is 9.82. The van der Waals surface area contributed by atoms with Crippen molar-refractivity contribution in [2.24, 2.45) is 11.8 Å². The van der Waals surface area contributed by atoms with Crippen LogP contribution in [0.15, 0.2) is 11.6 Å². The van der Waals surface area contributed by atoms with Crippen LogP contribution in [0.5, 0.6) is 0 Å². The number of carbonyl (C=O) groups excluding carboxylic acids is 1. The Bertz CT molecular complexity index is 528. The summed E-state index contributed by atoms with van der Waals surface area (Å²) in [5.41, 5.74) is 1.27. The minimum Gasteiger partial charge on any atom is -0.416 e. The van der Waals surface area contributed by atoms with Gasteiger partial charge in [0, 0.05) is 25.6 Å². The summed E-state index contributed by atoms with van der Waals surface area (Å²) in [5.74, 6) is 0.855. The van der Waals surface area contributed by atoms with Crippen LogP contribution in [0, 0.1) is 11.8 Å². The minimum atomic E-state index is -1.81. The molecule has 0 N–H and O–H groups in total. The minimum absolute atomic E-state index is 0.0794. The Morgan fingerprint density at radius 3 is 2.64 bits per heavy atom. The van der Waals surface area contributed by atoms with Gasteiger partial charge < -0.3 is 13.9 Å². The van der Waals surface area contributed by atoms with Crippen LogP contribution in [0.4, 0.5) is 0 Å². The first-order chi connectivity index (χ1) is 11.7. The standard InChI is InChI=1S/C20H34O4Si/c1-20(2,3)25(4,5)23-13-17-16-12-15(21)10-14(16)11-18(17)24-19-8-6-7-9-22-19/h10,16-19H,6-9,11-13H2,1-5H3. The predicted molar refractivity (Wildman–Crippen MR) is 101 cm³/mol. The van der Waals surface area contributed by atoms with Gasteiger partial charge in [-0.05, 0) is 55.8 Å². The molecule has 0 amide bonds. The summed E-state index contributed by atoms with van der Waals surface area (Å²) in [6, 6.07) is 0. The van der Waals surface area contributed by atoms with Gasteiger partial charge in [0.1, 0.15) is 0 Å². The van der Waals surface area contributed by atoms with Crippen LogP contribution < -0.4 is 0 Å². The van der Waals surface area contributed by atoms with Crippen molar-refractivity contribution in [1.82, 2.24) is 0 Å². The normalized spacial score (nSPS) is 33.5. The van der Waals surface area contributed by atoms with E-state index in [9.17, 15) is 4.79 Å². The SMILES string of the molecule is CC(C)(C)[Si](C)(C)OCC1C(OC2CCCCO2)CC2=CC(=O)CC21. The van der Waals surface area contributed by atoms with Crippen molar-refractivity contribution >= 4 is 14.1 Å². The summed E-state index contributed by atoms with van der Waals surface area (Å²) in [6.07, 6.45) is 6.68. The zero-order valence-corrected chi connectivity index (χ0v) is 17.5. The predicted octanol–water partition coefficient (Wildman–Crippen LogP) is 4.46. The highest BCUT2D eigenvalue weighted by Crippen LogP contribution is 2.46. The number of allylic oxidation sites excluding steroid dienone is 1. The van der Waals surface area contributed by atoms with Gasteiger partial charge in [-0.15, -0.1) is 0 Å². The van der Waals surface area contributed by atoms with Crippen LogP contribution in [0.1, 0.15) is 52.9 Å². The van der Waals surface area contributed by atoms with Crippen molar-refractivity contribution in [3.05, 3.63) is 11.6 Å². The maximum Gasteiger partial charge on any atom is 0.191 e. The first-order valence-corrected chi connectivity index (χ1v) is 12.7. The molecule has 4 nitrogen and oxygen atoms in total. The molecule has 1 aliphatic heterocycles. The Balaban J connectivity index is 1.68. The van der Waals surface area contributed by atoms with E-state index < -0.39 is 8.32 Å². The molecule has 1 heterocycles. The highest BCUT2D eigenvalue weighted by Gasteiger charge is 2.47. The molecule has 3 aliphatic rings. The van der Waals surface area contributed by atoms with Crippen molar-refractivity contribution in [3.8, 4) is 0 Å². The van der Waals surface area contributed by atoms with Crippen LogP contribution in [0.25, 0.3) is 0 Å². The fraction of sp³-hybridized carbons (Fsp3) is 0.850. The monoisotopic (exact) mass is 366 g/mol. The van der Waals surface area contributed by atoms with E-state index in [1.54, 1.807) is 0 Å². The molecule has 0 aromatic carbocycles. The van der Waals surface area contributed by atoms with E-state index in [2.05, 4.69) is 33.9 Å². The first kappa shape index (κ1) is 19.3. The second-order valence-corrected chi connectivity index (χ2v) is 14.2. The van der Waals surface area contributed by atoms with Crippen molar-refractivity contribution in [2.75, 3.05) is 13.2 Å². The van der Waals surface area contributed by atoms with Crippen molar-refractivity contribution in [1.29, 1.82) is 0 Å². The lowest BCUT2D eigenvalue weighted by Crippen LogP contribution is -2.44. The Labute approximate surface area is 153 Å². The smallest absolute Gasteiger partial charge is 0.191 e. The number of rotatable bonds is 5. The van der Waals surface area contributed by atoms with Gasteiger partial charge in [0.05, 0.1) is 6.10 Å². The summed E-state index contributed by atoms with van der Waals surface area (Å²) in [7, 11) is -1.81. The molecule has 25 heavy (non-hydrogen) atoms. The molecule has 4 unspecified atom stereocenters. The number of carbonyl (C=O) groups is 1. The van der Waals surface area contributed by atoms with Gasteiger partial charge in [-0.1, -0.05) is 26.3 Å². The summed E-state index contributed by atoms with van der Waals surface area (Å²) < 4.78 is 18.7. The van der Waals surface area contributed by atoms with Crippen molar-refractivity contribution < 1.29 is 18.7 Å². The van der Waals surface area contributed by atoms with Crippen LogP contribution >= 0.6 is 0 Å². The number of hydrogen-bond acceptors (Lipinski definition) is 4. The molecule has 2 aliphatic carbocycles. The second-order valence-electron chi connectivity index (χ2n) is 9.41. The van der Waals surface area contributed by atoms with E-state index in [0.29, 0.717) is 18.9 Å². The Kier molecular flexibility index (Phi) is 5.59. The van der Waals surface area contributed by atoms with Gasteiger partial charge in [-0.3, -0.25) is 4.79 Å². The molecule has 0 aromatic rings. The maximum absolute atomic E-state index is 11.9. The third kappa shape index (κ3) is 4.26. The Morgan fingerprint density at radius 2 is 2.00 bits per heavy atom. The molecule has 5 heteroatoms. The molecule has 0 bridgehead atoms. The van der Waals surface area contributed by atoms with Crippen LogP contribution in [0.3, 0.4) is 0 Å². The fourth-order valence-electron chi connectivity index (χ4n) is 3.91. The number of ether oxygens (including phenoxy) is 2. The average Bonchev–Trinajstić information content (AvgIpc) is 3.01. The van der Waals surface area contributed by atoms with Gasteiger partial charge in [-0.2, -0.15) is 0 Å². The Hall–Kier alpha value is -0.493. The zero-order valence-electron chi connectivity index (χ0n) is 16.5. The Morgan fingerprint density at radius 1 is 1.24 bits per heavy atom. The van der Waals surface area contributed by atoms with Crippen LogP contribution in [-0.4, -0.2) is 39.7 Å². The molecule has 3 rings (SSSR count). The summed E-state index contributed by atoms with van der Waals surface area (Å²) in [4.78, 5) is 11.9. The van der Waals surface area contributed by atoms with E-state index in [1.165, 1.54) is 12.0 Å². The van der Waals surface area contributed by atoms with Crippen molar-refractivity contribution in [2.45, 2.75) is 83.4 Å². The lowest BCUT2D eigenvalue weighted by molar-refractivity contribution is -0.197. The van der Waals surface area contributed by atoms with E-state index in [1.807, 2.05) is 6.08 Å². The van der Waals surface area contributed by atoms with Gasteiger partial charge in [0.2, 0.25) is 0 Å². The van der Waals surface area contributed by atoms with E-state index >= 15 is 0 Å². The zero-order chi connectivity index (χ0) is 18.2. The van der Waals surface area contributed by atoms with Crippen molar-refractivity contribution in [3.63, 3.8) is 0 Å². The summed E-state index contributed by atoms with van der Waals surface area (Å²) in [5, 5.41) is 0.193. The number of hydrogen-bond donors (Lipinski definition) is 0. The quantitative estimate of drug-likeness (QED) is 0.674. The van der Waals surface area contributed by atoms with Gasteiger partial charge >= 0.3 is 0 Å². The molecule has 142 valence electrons. The van der Waals surface area contributed by atoms with Gasteiger partial charge in [0.15, 0.2) is 20.4 Å². The van der Waals surface area contributed by atoms with Gasteiger partial charge in [0.25, 0.3) is 0 Å². The van der Waals surface area contributed by atoms with Crippen LogP contribution in [0.2, 0.25) is 18.1 Å². The number of fused-ring (bicyclic) bond motifs is 1. The summed E-state index contributed by atoms with van der Waals surface area (Å²) in [6.45, 7) is 12.9. The molecule has 1 saturated heterocycles. The lowest BCUT2D eigenvalue weighted by atomic mass is 9.93. The lowest BCUT2D eigenvalue weighted by Gasteiger charge is -2.38. The molecule has 1 saturated carbocycles. The molecular weight excluding hydrogens is 332 g/mol. The number of ketones is 1. The van der Waals surface area contributed by atoms with Crippen LogP contribution in [-0.2, 0) is 18.7 Å². The third-order valence-electron chi connectivity index (χ3n) is 6.58. The topological polar surface area (TPSA) is 44.8 Å². The highest BCUT2D eigenvalue weighted by atomic mass is 28.4. The largest absolute Gasteiger partial charge is 0.416 e. The fourth-order valence-corrected chi connectivity index (χ4v) is 4.95. The molecule has 4 atom stereocenters. The molecule has 0 aromatic heterocycles. The average molecular weight is 367 g/mol. The molecule has 0 spiro atoms. The summed E-state index contributed by atoms with van der Waals surface area (Å²) >= 11 is 0. The van der Waals surface area contributed by atoms with E-state index in [0.717, 1.165) is 25.9 Å². The van der Waals surface area contributed by atoms with E-state index in [4.69, 9.17) is 13.9 Å². The molecule has 0 radical (unpaired) electrons.